The van der Waals surface area contributed by atoms with E-state index >= 15 is 0 Å². The zero-order valence-corrected chi connectivity index (χ0v) is 18.3. The Kier molecular flexibility index (Phi) is 9.46. The Labute approximate surface area is 176 Å². The van der Waals surface area contributed by atoms with E-state index in [2.05, 4.69) is 6.58 Å². The molecule has 1 atom stereocenters. The van der Waals surface area contributed by atoms with E-state index in [4.69, 9.17) is 23.2 Å². The van der Waals surface area contributed by atoms with Crippen molar-refractivity contribution in [2.75, 3.05) is 0 Å². The van der Waals surface area contributed by atoms with Crippen molar-refractivity contribution < 1.29 is 13.2 Å². The molecule has 0 fully saturated rings. The first-order valence-corrected chi connectivity index (χ1v) is 10.7. The number of sulfonamides is 1. The summed E-state index contributed by atoms with van der Waals surface area (Å²) in [6.45, 7) is 9.01. The zero-order valence-electron chi connectivity index (χ0n) is 15.9. The Balaban J connectivity index is 0.000000406. The molecule has 1 N–H and O–H groups in total. The predicted molar refractivity (Wildman–Crippen MR) is 116 cm³/mol. The second kappa shape index (κ2) is 11.1. The molecule has 0 spiro atoms. The number of hydrogen-bond acceptors (Lipinski definition) is 3. The number of benzene rings is 2. The summed E-state index contributed by atoms with van der Waals surface area (Å²) in [6.07, 6.45) is 3.28. The van der Waals surface area contributed by atoms with Gasteiger partial charge in [-0.1, -0.05) is 72.1 Å². The van der Waals surface area contributed by atoms with E-state index in [9.17, 15) is 13.2 Å². The maximum absolute atomic E-state index is 12.1. The van der Waals surface area contributed by atoms with Crippen molar-refractivity contribution in [3.63, 3.8) is 0 Å². The largest absolute Gasteiger partial charge is 0.269 e. The van der Waals surface area contributed by atoms with Crippen LogP contribution in [0.4, 0.5) is 0 Å². The normalized spacial score (nSPS) is 12.4. The summed E-state index contributed by atoms with van der Waals surface area (Å²) in [4.78, 5) is 11.7. The topological polar surface area (TPSA) is 63.2 Å². The van der Waals surface area contributed by atoms with Gasteiger partial charge in [0.2, 0.25) is 0 Å². The Hall–Kier alpha value is -2.08. The van der Waals surface area contributed by atoms with Gasteiger partial charge in [-0.05, 0) is 44.0 Å². The number of hydrogen-bond donors (Lipinski definition) is 1. The molecule has 0 bridgehead atoms. The van der Waals surface area contributed by atoms with Crippen LogP contribution < -0.4 is 4.72 Å². The van der Waals surface area contributed by atoms with Gasteiger partial charge in [-0.3, -0.25) is 4.79 Å². The summed E-state index contributed by atoms with van der Waals surface area (Å²) in [5, 5.41) is 0.865. The first-order valence-electron chi connectivity index (χ1n) is 8.41. The van der Waals surface area contributed by atoms with Crippen molar-refractivity contribution in [3.05, 3.63) is 88.4 Å². The van der Waals surface area contributed by atoms with Gasteiger partial charge in [0.1, 0.15) is 4.90 Å². The lowest BCUT2D eigenvalue weighted by molar-refractivity contribution is -0.115. The molecule has 1 unspecified atom stereocenters. The number of amides is 1. The van der Waals surface area contributed by atoms with Crippen LogP contribution in [0.3, 0.4) is 0 Å². The van der Waals surface area contributed by atoms with Crippen molar-refractivity contribution in [1.29, 1.82) is 0 Å². The SMILES string of the molecule is C=CC(C)/C=C(\C)C(=O)NS(=O)(=O)c1ccccc1Cl.Cc1ccc(Cl)cc1. The van der Waals surface area contributed by atoms with E-state index in [1.54, 1.807) is 18.2 Å². The second-order valence-corrected chi connectivity index (χ2v) is 8.60. The average Bonchev–Trinajstić information content (AvgIpc) is 2.64. The minimum atomic E-state index is -3.98. The van der Waals surface area contributed by atoms with Crippen LogP contribution in [0.2, 0.25) is 10.0 Å². The minimum absolute atomic E-state index is 0.0243. The summed E-state index contributed by atoms with van der Waals surface area (Å²) in [5.41, 5.74) is 1.54. The van der Waals surface area contributed by atoms with Gasteiger partial charge in [-0.25, -0.2) is 13.1 Å². The van der Waals surface area contributed by atoms with Crippen LogP contribution in [0.25, 0.3) is 0 Å². The fourth-order valence-electron chi connectivity index (χ4n) is 1.99. The lowest BCUT2D eigenvalue weighted by Gasteiger charge is -2.09. The van der Waals surface area contributed by atoms with Crippen LogP contribution in [0.15, 0.2) is 77.7 Å². The standard InChI is InChI=1S/C14H16ClNO3S.C7H7Cl/c1-4-10(2)9-11(3)14(17)16-20(18,19)13-8-6-5-7-12(13)15;1-6-2-4-7(8)5-3-6/h4-10H,1H2,2-3H3,(H,16,17);2-5H,1H3/b11-9+;. The van der Waals surface area contributed by atoms with Gasteiger partial charge < -0.3 is 0 Å². The van der Waals surface area contributed by atoms with Crippen LogP contribution in [0, 0.1) is 12.8 Å². The smallest absolute Gasteiger partial charge is 0.265 e. The van der Waals surface area contributed by atoms with E-state index in [1.807, 2.05) is 42.8 Å². The minimum Gasteiger partial charge on any atom is -0.269 e. The third-order valence-electron chi connectivity index (χ3n) is 3.61. The van der Waals surface area contributed by atoms with Crippen LogP contribution >= 0.6 is 23.2 Å². The molecule has 0 radical (unpaired) electrons. The Morgan fingerprint density at radius 2 is 1.68 bits per heavy atom. The zero-order chi connectivity index (χ0) is 21.3. The summed E-state index contributed by atoms with van der Waals surface area (Å²) in [7, 11) is -3.98. The number of nitrogens with one attached hydrogen (secondary N) is 1. The van der Waals surface area contributed by atoms with Crippen LogP contribution in [0.1, 0.15) is 19.4 Å². The van der Waals surface area contributed by atoms with Gasteiger partial charge in [-0.2, -0.15) is 0 Å². The molecule has 150 valence electrons. The maximum atomic E-state index is 12.1. The molecule has 0 aliphatic carbocycles. The molecular formula is C21H23Cl2NO3S. The highest BCUT2D eigenvalue weighted by Crippen LogP contribution is 2.20. The van der Waals surface area contributed by atoms with Gasteiger partial charge in [0.05, 0.1) is 5.02 Å². The lowest BCUT2D eigenvalue weighted by Crippen LogP contribution is -2.31. The molecule has 1 amide bonds. The van der Waals surface area contributed by atoms with Gasteiger partial charge in [0, 0.05) is 10.6 Å². The molecule has 2 rings (SSSR count). The van der Waals surface area contributed by atoms with E-state index < -0.39 is 15.9 Å². The van der Waals surface area contributed by atoms with Crippen molar-refractivity contribution >= 4 is 39.1 Å². The molecule has 7 heteroatoms. The molecule has 0 aromatic heterocycles. The molecule has 2 aromatic rings. The van der Waals surface area contributed by atoms with E-state index in [0.29, 0.717) is 5.57 Å². The van der Waals surface area contributed by atoms with E-state index in [1.165, 1.54) is 30.7 Å². The number of halogens is 2. The first kappa shape index (κ1) is 24.0. The summed E-state index contributed by atoms with van der Waals surface area (Å²) < 4.78 is 26.1. The third kappa shape index (κ3) is 7.89. The summed E-state index contributed by atoms with van der Waals surface area (Å²) in [5.74, 6) is -0.706. The van der Waals surface area contributed by atoms with Gasteiger partial charge >= 0.3 is 0 Å². The van der Waals surface area contributed by atoms with E-state index in [-0.39, 0.29) is 15.8 Å². The molecule has 0 saturated heterocycles. The number of aryl methyl sites for hydroxylation is 1. The van der Waals surface area contributed by atoms with Gasteiger partial charge in [0.25, 0.3) is 15.9 Å². The molecule has 0 saturated carbocycles. The predicted octanol–water partition coefficient (Wildman–Crippen LogP) is 5.56. The first-order chi connectivity index (χ1) is 13.1. The molecular weight excluding hydrogens is 417 g/mol. The van der Waals surface area contributed by atoms with Crippen LogP contribution in [-0.4, -0.2) is 14.3 Å². The van der Waals surface area contributed by atoms with Crippen molar-refractivity contribution in [2.45, 2.75) is 25.7 Å². The fraction of sp³-hybridized carbons (Fsp3) is 0.190. The number of allylic oxidation sites excluding steroid dienone is 2. The molecule has 0 aliphatic rings. The monoisotopic (exact) mass is 439 g/mol. The number of carbonyl (C=O) groups excluding carboxylic acids is 1. The van der Waals surface area contributed by atoms with Crippen molar-refractivity contribution in [1.82, 2.24) is 4.72 Å². The summed E-state index contributed by atoms with van der Waals surface area (Å²) >= 11 is 11.4. The molecule has 28 heavy (non-hydrogen) atoms. The molecule has 0 aliphatic heterocycles. The lowest BCUT2D eigenvalue weighted by atomic mass is 10.1. The second-order valence-electron chi connectivity index (χ2n) is 6.11. The van der Waals surface area contributed by atoms with Crippen LogP contribution in [0.5, 0.6) is 0 Å². The average molecular weight is 440 g/mol. The highest BCUT2D eigenvalue weighted by molar-refractivity contribution is 7.90. The van der Waals surface area contributed by atoms with Crippen molar-refractivity contribution in [2.24, 2.45) is 5.92 Å². The molecule has 2 aromatic carbocycles. The maximum Gasteiger partial charge on any atom is 0.265 e. The highest BCUT2D eigenvalue weighted by Gasteiger charge is 2.21. The fourth-order valence-corrected chi connectivity index (χ4v) is 3.66. The quantitative estimate of drug-likeness (QED) is 0.489. The van der Waals surface area contributed by atoms with Gasteiger partial charge in [0.15, 0.2) is 0 Å². The number of rotatable bonds is 5. The van der Waals surface area contributed by atoms with E-state index in [0.717, 1.165) is 5.02 Å². The summed E-state index contributed by atoms with van der Waals surface area (Å²) in [6, 6.07) is 13.7. The molecule has 0 heterocycles. The van der Waals surface area contributed by atoms with Gasteiger partial charge in [-0.15, -0.1) is 6.58 Å². The highest BCUT2D eigenvalue weighted by atomic mass is 35.5. The Bertz CT molecular complexity index is 931. The van der Waals surface area contributed by atoms with Crippen molar-refractivity contribution in [3.8, 4) is 0 Å². The Morgan fingerprint density at radius 3 is 2.18 bits per heavy atom. The number of carbonyl (C=O) groups is 1. The molecule has 4 nitrogen and oxygen atoms in total. The Morgan fingerprint density at radius 1 is 1.11 bits per heavy atom. The third-order valence-corrected chi connectivity index (χ3v) is 5.69. The van der Waals surface area contributed by atoms with Crippen LogP contribution in [-0.2, 0) is 14.8 Å².